The van der Waals surface area contributed by atoms with Gasteiger partial charge in [0, 0.05) is 35.4 Å². The highest BCUT2D eigenvalue weighted by atomic mass is 32.1. The molecule has 9 heteroatoms. The van der Waals surface area contributed by atoms with Gasteiger partial charge >= 0.3 is 6.18 Å². The van der Waals surface area contributed by atoms with E-state index in [1.54, 1.807) is 19.2 Å². The van der Waals surface area contributed by atoms with Gasteiger partial charge in [0.05, 0.1) is 30.6 Å². The lowest BCUT2D eigenvalue weighted by Gasteiger charge is -2.30. The van der Waals surface area contributed by atoms with Crippen LogP contribution in [0.1, 0.15) is 16.0 Å². The summed E-state index contributed by atoms with van der Waals surface area (Å²) in [6.45, 7) is 3.74. The number of methoxy groups -OCH3 is 1. The summed E-state index contributed by atoms with van der Waals surface area (Å²) < 4.78 is 59.5. The van der Waals surface area contributed by atoms with Crippen LogP contribution in [0.5, 0.6) is 5.75 Å². The molecule has 0 saturated carbocycles. The first-order valence-electron chi connectivity index (χ1n) is 11.4. The van der Waals surface area contributed by atoms with E-state index in [1.165, 1.54) is 11.3 Å². The lowest BCUT2D eigenvalue weighted by Crippen LogP contribution is -2.34. The molecule has 0 bridgehead atoms. The highest BCUT2D eigenvalue weighted by molar-refractivity contribution is 7.71. The highest BCUT2D eigenvalue weighted by Crippen LogP contribution is 2.47. The number of nitrogens with one attached hydrogen (secondary N) is 1. The molecule has 0 unspecified atom stereocenters. The number of rotatable bonds is 5. The molecule has 0 aliphatic carbocycles. The van der Waals surface area contributed by atoms with Gasteiger partial charge in [-0.05, 0) is 48.7 Å². The Kier molecular flexibility index (Phi) is 7.51. The van der Waals surface area contributed by atoms with Crippen LogP contribution in [0.15, 0.2) is 36.4 Å². The van der Waals surface area contributed by atoms with Gasteiger partial charge in [0.2, 0.25) is 0 Å². The highest BCUT2D eigenvalue weighted by Gasteiger charge is 2.31. The second-order valence-corrected chi connectivity index (χ2v) is 13.0. The quantitative estimate of drug-likeness (QED) is 0.345. The van der Waals surface area contributed by atoms with Gasteiger partial charge in [0.1, 0.15) is 12.9 Å². The van der Waals surface area contributed by atoms with Crippen molar-refractivity contribution in [1.29, 1.82) is 0 Å². The summed E-state index contributed by atoms with van der Waals surface area (Å²) >= 11 is 1.30. The van der Waals surface area contributed by atoms with Crippen molar-refractivity contribution in [2.24, 2.45) is 0 Å². The molecule has 4 rings (SSSR count). The van der Waals surface area contributed by atoms with Crippen LogP contribution >= 0.6 is 18.5 Å². The number of nitrogens with zero attached hydrogens (tertiary/aromatic N) is 1. The SMILES string of the molecule is COc1cc(P2(=O)CCN(C)CC2)ccc1NCC#Cc1sc2c(C)cccc2c1CC(F)(F)F. The molecule has 1 aliphatic rings. The summed E-state index contributed by atoms with van der Waals surface area (Å²) in [6.07, 6.45) is -4.00. The van der Waals surface area contributed by atoms with Crippen molar-refractivity contribution in [3.05, 3.63) is 52.4 Å². The average Bonchev–Trinajstić information content (AvgIpc) is 3.16. The summed E-state index contributed by atoms with van der Waals surface area (Å²) in [5.41, 5.74) is 1.88. The lowest BCUT2D eigenvalue weighted by molar-refractivity contribution is -0.126. The van der Waals surface area contributed by atoms with Gasteiger partial charge in [-0.15, -0.1) is 11.3 Å². The first-order chi connectivity index (χ1) is 16.6. The van der Waals surface area contributed by atoms with Crippen molar-refractivity contribution in [3.63, 3.8) is 0 Å². The Morgan fingerprint density at radius 3 is 2.63 bits per heavy atom. The number of thiophene rings is 1. The van der Waals surface area contributed by atoms with Crippen molar-refractivity contribution in [1.82, 2.24) is 4.90 Å². The summed E-state index contributed by atoms with van der Waals surface area (Å²) in [5.74, 6) is 6.49. The molecule has 1 N–H and O–H groups in total. The monoisotopic (exact) mass is 520 g/mol. The van der Waals surface area contributed by atoms with E-state index in [1.807, 2.05) is 38.2 Å². The van der Waals surface area contributed by atoms with E-state index in [0.29, 0.717) is 34.0 Å². The van der Waals surface area contributed by atoms with Gasteiger partial charge < -0.3 is 19.5 Å². The Morgan fingerprint density at radius 2 is 1.94 bits per heavy atom. The summed E-state index contributed by atoms with van der Waals surface area (Å²) in [4.78, 5) is 2.62. The third-order valence-corrected chi connectivity index (χ3v) is 10.7. The van der Waals surface area contributed by atoms with E-state index < -0.39 is 19.7 Å². The number of anilines is 1. The second-order valence-electron chi connectivity index (χ2n) is 8.83. The molecule has 1 aliphatic heterocycles. The number of hydrogen-bond donors (Lipinski definition) is 1. The molecule has 0 radical (unpaired) electrons. The van der Waals surface area contributed by atoms with Crippen LogP contribution in [0.2, 0.25) is 0 Å². The molecule has 3 aromatic rings. The van der Waals surface area contributed by atoms with E-state index in [9.17, 15) is 17.7 Å². The smallest absolute Gasteiger partial charge is 0.393 e. The predicted molar refractivity (Wildman–Crippen MR) is 139 cm³/mol. The molecule has 2 heterocycles. The maximum absolute atomic E-state index is 13.4. The fourth-order valence-corrected chi connectivity index (χ4v) is 8.21. The zero-order valence-corrected chi connectivity index (χ0v) is 21.7. The molecule has 1 saturated heterocycles. The Balaban J connectivity index is 1.53. The van der Waals surface area contributed by atoms with Gasteiger partial charge in [-0.2, -0.15) is 13.2 Å². The van der Waals surface area contributed by atoms with E-state index in [2.05, 4.69) is 22.1 Å². The maximum Gasteiger partial charge on any atom is 0.393 e. The first kappa shape index (κ1) is 25.6. The second kappa shape index (κ2) is 10.3. The molecule has 1 aromatic heterocycles. The molecule has 0 spiro atoms. The fraction of sp³-hybridized carbons (Fsp3) is 0.385. The summed E-state index contributed by atoms with van der Waals surface area (Å²) in [7, 11) is 1.15. The van der Waals surface area contributed by atoms with Crippen molar-refractivity contribution in [2.45, 2.75) is 19.5 Å². The lowest BCUT2D eigenvalue weighted by atomic mass is 10.1. The maximum atomic E-state index is 13.4. The number of aryl methyl sites for hydroxylation is 1. The van der Waals surface area contributed by atoms with E-state index in [0.717, 1.165) is 28.7 Å². The standard InChI is InChI=1S/C26H28F3N2O2PS/c1-18-6-4-7-20-21(17-26(27,28)29)24(35-25(18)20)8-5-11-30-22-10-9-19(16-23(22)33-3)34(32)14-12-31(2)13-15-34/h4,6-7,9-10,16,30H,11-15,17H2,1-3H3. The van der Waals surface area contributed by atoms with Crippen molar-refractivity contribution in [3.8, 4) is 17.6 Å². The molecule has 0 atom stereocenters. The molecule has 2 aromatic carbocycles. The Morgan fingerprint density at radius 1 is 1.20 bits per heavy atom. The number of fused-ring (bicyclic) bond motifs is 1. The third kappa shape index (κ3) is 5.86. The molecule has 4 nitrogen and oxygen atoms in total. The first-order valence-corrected chi connectivity index (χ1v) is 14.2. The van der Waals surface area contributed by atoms with Crippen LogP contribution in [0.3, 0.4) is 0 Å². The van der Waals surface area contributed by atoms with Crippen molar-refractivity contribution < 1.29 is 22.5 Å². The predicted octanol–water partition coefficient (Wildman–Crippen LogP) is 5.72. The van der Waals surface area contributed by atoms with Crippen molar-refractivity contribution >= 4 is 39.6 Å². The fourth-order valence-electron chi connectivity index (χ4n) is 4.28. The molecular formula is C26H28F3N2O2PS. The molecule has 35 heavy (non-hydrogen) atoms. The van der Waals surface area contributed by atoms with Gasteiger partial charge in [-0.25, -0.2) is 0 Å². The Hall–Kier alpha value is -2.46. The minimum atomic E-state index is -4.31. The van der Waals surface area contributed by atoms with Crippen LogP contribution in [0, 0.1) is 18.8 Å². The Bertz CT molecular complexity index is 1330. The Labute approximate surface area is 207 Å². The molecular weight excluding hydrogens is 492 g/mol. The van der Waals surface area contributed by atoms with Gasteiger partial charge in [0.15, 0.2) is 0 Å². The van der Waals surface area contributed by atoms with Crippen LogP contribution in [0.25, 0.3) is 10.1 Å². The van der Waals surface area contributed by atoms with E-state index in [4.69, 9.17) is 4.74 Å². The molecule has 1 fully saturated rings. The summed E-state index contributed by atoms with van der Waals surface area (Å²) in [5, 5.41) is 4.62. The number of alkyl halides is 3. The zero-order chi connectivity index (χ0) is 25.2. The van der Waals surface area contributed by atoms with Crippen LogP contribution < -0.4 is 15.4 Å². The van der Waals surface area contributed by atoms with Gasteiger partial charge in [-0.3, -0.25) is 0 Å². The van der Waals surface area contributed by atoms with Crippen molar-refractivity contribution in [2.75, 3.05) is 51.4 Å². The molecule has 186 valence electrons. The number of benzene rings is 2. The average molecular weight is 521 g/mol. The zero-order valence-electron chi connectivity index (χ0n) is 20.0. The minimum absolute atomic E-state index is 0.233. The van der Waals surface area contributed by atoms with Gasteiger partial charge in [-0.1, -0.05) is 30.0 Å². The third-order valence-electron chi connectivity index (χ3n) is 6.30. The van der Waals surface area contributed by atoms with Crippen LogP contribution in [-0.2, 0) is 11.0 Å². The van der Waals surface area contributed by atoms with Crippen LogP contribution in [0.4, 0.5) is 18.9 Å². The molecule has 0 amide bonds. The number of ether oxygens (including phenoxy) is 1. The van der Waals surface area contributed by atoms with Gasteiger partial charge in [0.25, 0.3) is 0 Å². The van der Waals surface area contributed by atoms with Crippen LogP contribution in [-0.4, -0.2) is 57.2 Å². The topological polar surface area (TPSA) is 41.6 Å². The van der Waals surface area contributed by atoms with E-state index in [-0.39, 0.29) is 12.1 Å². The minimum Gasteiger partial charge on any atom is -0.495 e. The largest absolute Gasteiger partial charge is 0.495 e. The summed E-state index contributed by atoms with van der Waals surface area (Å²) in [6, 6.07) is 10.9. The number of hydrogen-bond acceptors (Lipinski definition) is 5. The normalized spacial score (nSPS) is 16.1. The number of halogens is 3. The van der Waals surface area contributed by atoms with E-state index >= 15 is 0 Å².